The van der Waals surface area contributed by atoms with Gasteiger partial charge in [0.15, 0.2) is 0 Å². The lowest BCUT2D eigenvalue weighted by molar-refractivity contribution is -0.121. The third kappa shape index (κ3) is 5.20. The second kappa shape index (κ2) is 8.17. The van der Waals surface area contributed by atoms with Gasteiger partial charge in [-0.25, -0.2) is 4.39 Å². The van der Waals surface area contributed by atoms with Crippen molar-refractivity contribution in [3.8, 4) is 5.75 Å². The highest BCUT2D eigenvalue weighted by molar-refractivity contribution is 5.76. The molecule has 0 heterocycles. The molecule has 0 radical (unpaired) electrons. The molecule has 0 spiro atoms. The van der Waals surface area contributed by atoms with Crippen LogP contribution in [0.2, 0.25) is 0 Å². The summed E-state index contributed by atoms with van der Waals surface area (Å²) in [5.41, 5.74) is 1.98. The van der Waals surface area contributed by atoms with Crippen molar-refractivity contribution >= 4 is 5.91 Å². The minimum Gasteiger partial charge on any atom is -0.497 e. The summed E-state index contributed by atoms with van der Waals surface area (Å²) in [5, 5.41) is 2.88. The van der Waals surface area contributed by atoms with E-state index in [0.717, 1.165) is 23.3 Å². The zero-order chi connectivity index (χ0) is 15.8. The highest BCUT2D eigenvalue weighted by Crippen LogP contribution is 2.11. The van der Waals surface area contributed by atoms with Gasteiger partial charge >= 0.3 is 0 Å². The van der Waals surface area contributed by atoms with Crippen LogP contribution in [-0.2, 0) is 17.6 Å². The van der Waals surface area contributed by atoms with Gasteiger partial charge in [0.25, 0.3) is 0 Å². The molecule has 3 nitrogen and oxygen atoms in total. The van der Waals surface area contributed by atoms with Crippen molar-refractivity contribution in [2.45, 2.75) is 19.3 Å². The zero-order valence-corrected chi connectivity index (χ0v) is 12.6. The number of carbonyl (C=O) groups is 1. The molecule has 0 aliphatic heterocycles. The summed E-state index contributed by atoms with van der Waals surface area (Å²) < 4.78 is 18.1. The second-order valence-corrected chi connectivity index (χ2v) is 5.08. The van der Waals surface area contributed by atoms with E-state index in [1.54, 1.807) is 13.2 Å². The number of ether oxygens (including phenoxy) is 1. The molecule has 1 amide bonds. The number of hydrogen-bond acceptors (Lipinski definition) is 2. The first-order chi connectivity index (χ1) is 10.7. The molecule has 2 rings (SSSR count). The predicted molar refractivity (Wildman–Crippen MR) is 84.4 cm³/mol. The molecule has 4 heteroatoms. The third-order valence-corrected chi connectivity index (χ3v) is 3.42. The molecule has 2 aromatic carbocycles. The molecule has 1 N–H and O–H groups in total. The Morgan fingerprint density at radius 2 is 1.86 bits per heavy atom. The summed E-state index contributed by atoms with van der Waals surface area (Å²) >= 11 is 0. The topological polar surface area (TPSA) is 38.3 Å². The number of nitrogens with one attached hydrogen (secondary N) is 1. The summed E-state index contributed by atoms with van der Waals surface area (Å²) in [6, 6.07) is 14.1. The Labute approximate surface area is 130 Å². The minimum atomic E-state index is -0.266. The summed E-state index contributed by atoms with van der Waals surface area (Å²) in [6.45, 7) is 0.592. The average Bonchev–Trinajstić information content (AvgIpc) is 2.54. The lowest BCUT2D eigenvalue weighted by Gasteiger charge is -2.06. The smallest absolute Gasteiger partial charge is 0.220 e. The van der Waals surface area contributed by atoms with E-state index in [4.69, 9.17) is 4.74 Å². The minimum absolute atomic E-state index is 0.0160. The van der Waals surface area contributed by atoms with Crippen molar-refractivity contribution in [1.29, 1.82) is 0 Å². The van der Waals surface area contributed by atoms with Crippen molar-refractivity contribution < 1.29 is 13.9 Å². The zero-order valence-electron chi connectivity index (χ0n) is 12.6. The van der Waals surface area contributed by atoms with Gasteiger partial charge in [-0.1, -0.05) is 24.3 Å². The number of halogens is 1. The Hall–Kier alpha value is -2.36. The summed E-state index contributed by atoms with van der Waals surface area (Å²) in [7, 11) is 1.63. The number of carbonyl (C=O) groups excluding carboxylic acids is 1. The van der Waals surface area contributed by atoms with Crippen molar-refractivity contribution in [2.24, 2.45) is 0 Å². The molecule has 0 saturated carbocycles. The van der Waals surface area contributed by atoms with E-state index < -0.39 is 0 Å². The Morgan fingerprint density at radius 1 is 1.09 bits per heavy atom. The van der Waals surface area contributed by atoms with E-state index in [9.17, 15) is 9.18 Å². The van der Waals surface area contributed by atoms with Gasteiger partial charge in [-0.3, -0.25) is 4.79 Å². The van der Waals surface area contributed by atoms with Crippen LogP contribution in [0.1, 0.15) is 17.5 Å². The Kier molecular flexibility index (Phi) is 5.95. The van der Waals surface area contributed by atoms with Gasteiger partial charge < -0.3 is 10.1 Å². The maximum Gasteiger partial charge on any atom is 0.220 e. The number of aryl methyl sites for hydroxylation is 1. The van der Waals surface area contributed by atoms with Crippen LogP contribution in [0.4, 0.5) is 4.39 Å². The first kappa shape index (κ1) is 16.0. The maximum atomic E-state index is 13.0. The molecule has 22 heavy (non-hydrogen) atoms. The standard InChI is InChI=1S/C18H20FNO2/c1-22-17-8-5-14(6-9-17)11-12-20-18(21)10-7-15-3-2-4-16(19)13-15/h2-6,8-9,13H,7,10-12H2,1H3,(H,20,21). The van der Waals surface area contributed by atoms with Crippen LogP contribution in [-0.4, -0.2) is 19.6 Å². The van der Waals surface area contributed by atoms with Gasteiger partial charge in [0, 0.05) is 13.0 Å². The average molecular weight is 301 g/mol. The van der Waals surface area contributed by atoms with E-state index in [0.29, 0.717) is 19.4 Å². The van der Waals surface area contributed by atoms with Gasteiger partial charge in [0.05, 0.1) is 7.11 Å². The lowest BCUT2D eigenvalue weighted by atomic mass is 10.1. The molecule has 0 aromatic heterocycles. The van der Waals surface area contributed by atoms with E-state index in [2.05, 4.69) is 5.32 Å². The molecule has 2 aromatic rings. The highest BCUT2D eigenvalue weighted by atomic mass is 19.1. The Balaban J connectivity index is 1.69. The van der Waals surface area contributed by atoms with Crippen LogP contribution in [0, 0.1) is 5.82 Å². The molecule has 0 unspecified atom stereocenters. The van der Waals surface area contributed by atoms with Crippen molar-refractivity contribution in [1.82, 2.24) is 5.32 Å². The fourth-order valence-corrected chi connectivity index (χ4v) is 2.18. The molecular formula is C18H20FNO2. The maximum absolute atomic E-state index is 13.0. The number of rotatable bonds is 7. The number of hydrogen-bond donors (Lipinski definition) is 1. The van der Waals surface area contributed by atoms with Crippen LogP contribution in [0.5, 0.6) is 5.75 Å². The third-order valence-electron chi connectivity index (χ3n) is 3.42. The van der Waals surface area contributed by atoms with Crippen molar-refractivity contribution in [3.63, 3.8) is 0 Å². The number of benzene rings is 2. The van der Waals surface area contributed by atoms with E-state index in [1.807, 2.05) is 30.3 Å². The largest absolute Gasteiger partial charge is 0.497 e. The van der Waals surface area contributed by atoms with Crippen LogP contribution < -0.4 is 10.1 Å². The quantitative estimate of drug-likeness (QED) is 0.853. The van der Waals surface area contributed by atoms with Gasteiger partial charge in [-0.15, -0.1) is 0 Å². The predicted octanol–water partition coefficient (Wildman–Crippen LogP) is 3.13. The van der Waals surface area contributed by atoms with E-state index >= 15 is 0 Å². The normalized spacial score (nSPS) is 10.3. The Bertz CT molecular complexity index is 611. The molecule has 0 aliphatic carbocycles. The molecule has 0 fully saturated rings. The number of methoxy groups -OCH3 is 1. The first-order valence-electron chi connectivity index (χ1n) is 7.31. The summed E-state index contributed by atoms with van der Waals surface area (Å²) in [5.74, 6) is 0.540. The highest BCUT2D eigenvalue weighted by Gasteiger charge is 2.03. The van der Waals surface area contributed by atoms with Crippen molar-refractivity contribution in [2.75, 3.05) is 13.7 Å². The van der Waals surface area contributed by atoms with Crippen molar-refractivity contribution in [3.05, 3.63) is 65.5 Å². The summed E-state index contributed by atoms with van der Waals surface area (Å²) in [6.07, 6.45) is 1.69. The monoisotopic (exact) mass is 301 g/mol. The molecule has 0 bridgehead atoms. The fourth-order valence-electron chi connectivity index (χ4n) is 2.18. The van der Waals surface area contributed by atoms with Crippen LogP contribution in [0.25, 0.3) is 0 Å². The lowest BCUT2D eigenvalue weighted by Crippen LogP contribution is -2.25. The Morgan fingerprint density at radius 3 is 2.55 bits per heavy atom. The van der Waals surface area contributed by atoms with Gasteiger partial charge in [-0.05, 0) is 48.2 Å². The fraction of sp³-hybridized carbons (Fsp3) is 0.278. The van der Waals surface area contributed by atoms with E-state index in [1.165, 1.54) is 12.1 Å². The molecule has 116 valence electrons. The van der Waals surface area contributed by atoms with Gasteiger partial charge in [-0.2, -0.15) is 0 Å². The first-order valence-corrected chi connectivity index (χ1v) is 7.31. The molecule has 0 atom stereocenters. The number of amides is 1. The summed E-state index contributed by atoms with van der Waals surface area (Å²) in [4.78, 5) is 11.8. The van der Waals surface area contributed by atoms with Crippen LogP contribution >= 0.6 is 0 Å². The SMILES string of the molecule is COc1ccc(CCNC(=O)CCc2cccc(F)c2)cc1. The van der Waals surface area contributed by atoms with Gasteiger partial charge in [0.1, 0.15) is 11.6 Å². The second-order valence-electron chi connectivity index (χ2n) is 5.08. The molecular weight excluding hydrogens is 281 g/mol. The van der Waals surface area contributed by atoms with Crippen LogP contribution in [0.15, 0.2) is 48.5 Å². The molecule has 0 saturated heterocycles. The van der Waals surface area contributed by atoms with Gasteiger partial charge in [0.2, 0.25) is 5.91 Å². The van der Waals surface area contributed by atoms with E-state index in [-0.39, 0.29) is 11.7 Å². The molecule has 0 aliphatic rings. The van der Waals surface area contributed by atoms with Crippen LogP contribution in [0.3, 0.4) is 0 Å².